The molecule has 3 aromatic rings. The minimum Gasteiger partial charge on any atom is -0.346 e. The van der Waals surface area contributed by atoms with E-state index in [2.05, 4.69) is 20.8 Å². The second kappa shape index (κ2) is 5.21. The maximum Gasteiger partial charge on any atom is 0.275 e. The number of nitrogens with zero attached hydrogens (tertiary/aromatic N) is 1. The molecule has 0 radical (unpaired) electrons. The molecule has 1 amide bonds. The molecule has 0 atom stereocenters. The van der Waals surface area contributed by atoms with Crippen LogP contribution in [-0.4, -0.2) is 15.9 Å². The summed E-state index contributed by atoms with van der Waals surface area (Å²) in [5, 5.41) is 2.93. The van der Waals surface area contributed by atoms with Crippen LogP contribution in [0.2, 0.25) is 0 Å². The Kier molecular flexibility index (Phi) is 3.26. The van der Waals surface area contributed by atoms with Crippen molar-refractivity contribution in [2.75, 3.05) is 0 Å². The van der Waals surface area contributed by atoms with Crippen LogP contribution >= 0.6 is 11.3 Å². The Balaban J connectivity index is 1.64. The highest BCUT2D eigenvalue weighted by atomic mass is 32.1. The van der Waals surface area contributed by atoms with Crippen molar-refractivity contribution in [2.24, 2.45) is 0 Å². The van der Waals surface area contributed by atoms with E-state index < -0.39 is 0 Å². The van der Waals surface area contributed by atoms with Gasteiger partial charge in [-0.15, -0.1) is 11.3 Å². The molecule has 0 fully saturated rings. The Morgan fingerprint density at radius 2 is 2.32 bits per heavy atom. The largest absolute Gasteiger partial charge is 0.346 e. The molecule has 19 heavy (non-hydrogen) atoms. The Labute approximate surface area is 113 Å². The number of amides is 1. The highest BCUT2D eigenvalue weighted by Gasteiger charge is 2.06. The number of rotatable bonds is 4. The minimum atomic E-state index is -0.116. The highest BCUT2D eigenvalue weighted by Crippen LogP contribution is 2.14. The second-order valence-corrected chi connectivity index (χ2v) is 4.94. The Morgan fingerprint density at radius 3 is 3.16 bits per heavy atom. The standard InChI is InChI=1S/C13H12N4OS/c18-13(11-2-1-7-19-11)17-16-8-9-3-5-14-12-10(9)4-6-15-12/h1-7,16H,8H2,(H,14,15)(H,17,18). The molecule has 6 heteroatoms. The molecule has 3 aromatic heterocycles. The predicted octanol–water partition coefficient (Wildman–Crippen LogP) is 2.06. The number of carbonyl (C=O) groups excluding carboxylic acids is 1. The molecule has 0 aliphatic carbocycles. The van der Waals surface area contributed by atoms with Gasteiger partial charge in [0.1, 0.15) is 5.65 Å². The number of aromatic amines is 1. The Bertz CT molecular complexity index is 690. The lowest BCUT2D eigenvalue weighted by atomic mass is 10.2. The van der Waals surface area contributed by atoms with Gasteiger partial charge in [0, 0.05) is 24.3 Å². The van der Waals surface area contributed by atoms with Crippen LogP contribution in [0.25, 0.3) is 11.0 Å². The van der Waals surface area contributed by atoms with Crippen molar-refractivity contribution >= 4 is 28.3 Å². The van der Waals surface area contributed by atoms with Crippen molar-refractivity contribution in [1.29, 1.82) is 0 Å². The number of fused-ring (bicyclic) bond motifs is 1. The molecule has 96 valence electrons. The van der Waals surface area contributed by atoms with Gasteiger partial charge >= 0.3 is 0 Å². The lowest BCUT2D eigenvalue weighted by molar-refractivity contribution is 0.0936. The summed E-state index contributed by atoms with van der Waals surface area (Å²) in [6.07, 6.45) is 3.60. The molecule has 0 bridgehead atoms. The molecular weight excluding hydrogens is 260 g/mol. The van der Waals surface area contributed by atoms with Gasteiger partial charge in [-0.1, -0.05) is 6.07 Å². The average Bonchev–Trinajstić information content (AvgIpc) is 3.10. The van der Waals surface area contributed by atoms with Crippen molar-refractivity contribution in [3.05, 3.63) is 52.5 Å². The monoisotopic (exact) mass is 272 g/mol. The fourth-order valence-corrected chi connectivity index (χ4v) is 2.48. The zero-order chi connectivity index (χ0) is 13.1. The van der Waals surface area contributed by atoms with E-state index in [9.17, 15) is 4.79 Å². The number of H-pyrrole nitrogens is 1. The van der Waals surface area contributed by atoms with Crippen molar-refractivity contribution in [2.45, 2.75) is 6.54 Å². The van der Waals surface area contributed by atoms with E-state index in [4.69, 9.17) is 0 Å². The van der Waals surface area contributed by atoms with Crippen LogP contribution in [0, 0.1) is 0 Å². The first-order valence-corrected chi connectivity index (χ1v) is 6.70. The maximum atomic E-state index is 11.7. The van der Waals surface area contributed by atoms with Gasteiger partial charge in [-0.05, 0) is 29.1 Å². The molecule has 5 nitrogen and oxygen atoms in total. The molecule has 0 spiro atoms. The summed E-state index contributed by atoms with van der Waals surface area (Å²) in [6, 6.07) is 7.55. The normalized spacial score (nSPS) is 10.7. The summed E-state index contributed by atoms with van der Waals surface area (Å²) >= 11 is 1.41. The number of hydrazine groups is 1. The lowest BCUT2D eigenvalue weighted by Crippen LogP contribution is -2.36. The third-order valence-corrected chi connectivity index (χ3v) is 3.64. The highest BCUT2D eigenvalue weighted by molar-refractivity contribution is 7.12. The summed E-state index contributed by atoms with van der Waals surface area (Å²) < 4.78 is 0. The van der Waals surface area contributed by atoms with Gasteiger partial charge < -0.3 is 4.98 Å². The first-order valence-electron chi connectivity index (χ1n) is 5.82. The number of aromatic nitrogens is 2. The molecule has 0 aliphatic heterocycles. The number of carbonyl (C=O) groups is 1. The van der Waals surface area contributed by atoms with Crippen LogP contribution in [0.5, 0.6) is 0 Å². The molecule has 3 rings (SSSR count). The van der Waals surface area contributed by atoms with E-state index in [-0.39, 0.29) is 5.91 Å². The molecule has 0 saturated heterocycles. The summed E-state index contributed by atoms with van der Waals surface area (Å²) in [4.78, 5) is 19.7. The summed E-state index contributed by atoms with van der Waals surface area (Å²) in [6.45, 7) is 0.550. The van der Waals surface area contributed by atoms with Gasteiger partial charge in [0.15, 0.2) is 0 Å². The Hall–Kier alpha value is -2.18. The van der Waals surface area contributed by atoms with Gasteiger partial charge in [0.2, 0.25) is 0 Å². The average molecular weight is 272 g/mol. The fraction of sp³-hybridized carbons (Fsp3) is 0.0769. The molecular formula is C13H12N4OS. The number of hydrogen-bond acceptors (Lipinski definition) is 4. The molecule has 3 heterocycles. The summed E-state index contributed by atoms with van der Waals surface area (Å²) in [7, 11) is 0. The molecule has 0 aromatic carbocycles. The van der Waals surface area contributed by atoms with Gasteiger partial charge in [0.05, 0.1) is 4.88 Å². The van der Waals surface area contributed by atoms with Gasteiger partial charge in [0.25, 0.3) is 5.91 Å². The van der Waals surface area contributed by atoms with E-state index in [0.717, 1.165) is 16.6 Å². The van der Waals surface area contributed by atoms with Gasteiger partial charge in [-0.2, -0.15) is 0 Å². The van der Waals surface area contributed by atoms with Crippen LogP contribution in [0.4, 0.5) is 0 Å². The summed E-state index contributed by atoms with van der Waals surface area (Å²) in [5.74, 6) is -0.116. The van der Waals surface area contributed by atoms with Crippen LogP contribution in [-0.2, 0) is 6.54 Å². The van der Waals surface area contributed by atoms with E-state index >= 15 is 0 Å². The van der Waals surface area contributed by atoms with E-state index in [1.807, 2.05) is 29.8 Å². The van der Waals surface area contributed by atoms with Crippen LogP contribution in [0.15, 0.2) is 42.0 Å². The zero-order valence-electron chi connectivity index (χ0n) is 10.0. The number of nitrogens with one attached hydrogen (secondary N) is 3. The first kappa shape index (κ1) is 11.9. The number of pyridine rings is 1. The number of thiophene rings is 1. The molecule has 0 aliphatic rings. The third-order valence-electron chi connectivity index (χ3n) is 2.78. The van der Waals surface area contributed by atoms with Crippen LogP contribution in [0.3, 0.4) is 0 Å². The van der Waals surface area contributed by atoms with E-state index in [1.54, 1.807) is 12.3 Å². The van der Waals surface area contributed by atoms with Gasteiger partial charge in [-0.3, -0.25) is 10.2 Å². The predicted molar refractivity (Wildman–Crippen MR) is 74.7 cm³/mol. The van der Waals surface area contributed by atoms with Crippen LogP contribution < -0.4 is 10.9 Å². The van der Waals surface area contributed by atoms with Crippen molar-refractivity contribution < 1.29 is 4.79 Å². The quantitative estimate of drug-likeness (QED) is 0.637. The van der Waals surface area contributed by atoms with Crippen molar-refractivity contribution in [3.8, 4) is 0 Å². The summed E-state index contributed by atoms with van der Waals surface area (Å²) in [5.41, 5.74) is 7.55. The molecule has 0 unspecified atom stereocenters. The fourth-order valence-electron chi connectivity index (χ4n) is 1.86. The van der Waals surface area contributed by atoms with Crippen LogP contribution in [0.1, 0.15) is 15.2 Å². The minimum absolute atomic E-state index is 0.116. The first-order chi connectivity index (χ1) is 9.34. The second-order valence-electron chi connectivity index (χ2n) is 4.00. The lowest BCUT2D eigenvalue weighted by Gasteiger charge is -2.07. The molecule has 0 saturated carbocycles. The van der Waals surface area contributed by atoms with E-state index in [1.165, 1.54) is 11.3 Å². The van der Waals surface area contributed by atoms with Crippen molar-refractivity contribution in [3.63, 3.8) is 0 Å². The topological polar surface area (TPSA) is 69.8 Å². The Morgan fingerprint density at radius 1 is 1.37 bits per heavy atom. The third kappa shape index (κ3) is 2.49. The SMILES string of the molecule is O=C(NNCc1ccnc2[nH]ccc12)c1cccs1. The molecule has 3 N–H and O–H groups in total. The zero-order valence-corrected chi connectivity index (χ0v) is 10.8. The smallest absolute Gasteiger partial charge is 0.275 e. The number of hydrogen-bond donors (Lipinski definition) is 3. The van der Waals surface area contributed by atoms with E-state index in [0.29, 0.717) is 11.4 Å². The maximum absolute atomic E-state index is 11.7. The van der Waals surface area contributed by atoms with Gasteiger partial charge in [-0.25, -0.2) is 10.4 Å². The van der Waals surface area contributed by atoms with Crippen molar-refractivity contribution in [1.82, 2.24) is 20.8 Å².